The van der Waals surface area contributed by atoms with Gasteiger partial charge in [0.25, 0.3) is 0 Å². The van der Waals surface area contributed by atoms with Crippen molar-refractivity contribution >= 4 is 27.7 Å². The molecule has 5 aliphatic rings. The molecular weight excluding hydrogens is 444 g/mol. The molecule has 180 valence electrons. The van der Waals surface area contributed by atoms with Crippen molar-refractivity contribution in [2.45, 2.75) is 44.6 Å². The summed E-state index contributed by atoms with van der Waals surface area (Å²) in [5.41, 5.74) is 5.87. The van der Waals surface area contributed by atoms with Gasteiger partial charge in [0.1, 0.15) is 5.75 Å². The van der Waals surface area contributed by atoms with Crippen molar-refractivity contribution in [3.05, 3.63) is 24.3 Å². The molecule has 1 heterocycles. The second-order valence-corrected chi connectivity index (χ2v) is 12.0. The maximum Gasteiger partial charge on any atom is 0.304 e. The molecule has 10 heteroatoms. The van der Waals surface area contributed by atoms with E-state index < -0.39 is 15.6 Å². The number of carbonyl (C=O) groups excluding carboxylic acids is 2. The second-order valence-electron chi connectivity index (χ2n) is 10.2. The van der Waals surface area contributed by atoms with Gasteiger partial charge in [-0.15, -0.1) is 0 Å². The number of ether oxygens (including phenoxy) is 1. The van der Waals surface area contributed by atoms with Crippen LogP contribution >= 0.6 is 0 Å². The van der Waals surface area contributed by atoms with E-state index in [1.165, 1.54) is 15.7 Å². The molecule has 0 radical (unpaired) electrons. The van der Waals surface area contributed by atoms with Crippen LogP contribution in [0.1, 0.15) is 38.5 Å². The van der Waals surface area contributed by atoms with E-state index in [1.807, 2.05) is 0 Å². The number of hydrogen-bond donors (Lipinski definition) is 2. The first-order valence-corrected chi connectivity index (χ1v) is 13.1. The monoisotopic (exact) mass is 476 g/mol. The van der Waals surface area contributed by atoms with Crippen LogP contribution in [0.15, 0.2) is 24.3 Å². The zero-order valence-electron chi connectivity index (χ0n) is 18.9. The minimum atomic E-state index is -3.83. The number of nitrogens with two attached hydrogens (primary N) is 1. The van der Waals surface area contributed by atoms with Gasteiger partial charge in [-0.1, -0.05) is 6.07 Å². The number of nitrogens with zero attached hydrogens (tertiary/aromatic N) is 2. The zero-order chi connectivity index (χ0) is 23.4. The van der Waals surface area contributed by atoms with E-state index in [2.05, 4.69) is 5.32 Å². The molecule has 1 aromatic carbocycles. The topological polar surface area (TPSA) is 122 Å². The van der Waals surface area contributed by atoms with E-state index in [9.17, 15) is 18.0 Å². The first-order valence-electron chi connectivity index (χ1n) is 11.7. The van der Waals surface area contributed by atoms with Crippen molar-refractivity contribution in [3.63, 3.8) is 0 Å². The Bertz CT molecular complexity index is 1040. The number of rotatable bonds is 6. The zero-order valence-corrected chi connectivity index (χ0v) is 19.7. The highest BCUT2D eigenvalue weighted by molar-refractivity contribution is 7.90. The highest BCUT2D eigenvalue weighted by Crippen LogP contribution is 2.59. The Morgan fingerprint density at radius 1 is 1.18 bits per heavy atom. The number of nitrogens with one attached hydrogen (secondary N) is 1. The average Bonchev–Trinajstić information content (AvgIpc) is 2.77. The number of benzene rings is 1. The van der Waals surface area contributed by atoms with Crippen molar-refractivity contribution < 1.29 is 22.7 Å². The van der Waals surface area contributed by atoms with Crippen molar-refractivity contribution in [2.75, 3.05) is 31.0 Å². The Morgan fingerprint density at radius 3 is 2.58 bits per heavy atom. The summed E-state index contributed by atoms with van der Waals surface area (Å²) in [4.78, 5) is 25.2. The maximum absolute atomic E-state index is 13.3. The highest BCUT2D eigenvalue weighted by Gasteiger charge is 2.58. The first-order chi connectivity index (χ1) is 15.7. The molecule has 9 nitrogen and oxygen atoms in total. The summed E-state index contributed by atoms with van der Waals surface area (Å²) in [7, 11) is -2.29. The summed E-state index contributed by atoms with van der Waals surface area (Å²) in [5, 5.41) is 3.14. The third-order valence-electron chi connectivity index (χ3n) is 8.16. The van der Waals surface area contributed by atoms with Gasteiger partial charge in [-0.3, -0.25) is 13.9 Å². The lowest BCUT2D eigenvalue weighted by Crippen LogP contribution is -2.63. The fourth-order valence-electron chi connectivity index (χ4n) is 6.90. The second kappa shape index (κ2) is 8.16. The van der Waals surface area contributed by atoms with Crippen LogP contribution in [0.3, 0.4) is 0 Å². The molecule has 4 saturated carbocycles. The molecule has 2 unspecified atom stereocenters. The quantitative estimate of drug-likeness (QED) is 0.640. The minimum absolute atomic E-state index is 0.0106. The van der Waals surface area contributed by atoms with E-state index in [0.29, 0.717) is 36.9 Å². The van der Waals surface area contributed by atoms with Gasteiger partial charge in [0.05, 0.1) is 19.3 Å². The number of hydrogen-bond acceptors (Lipinski definition) is 5. The fourth-order valence-corrected chi connectivity index (χ4v) is 8.56. The largest absolute Gasteiger partial charge is 0.497 e. The predicted molar refractivity (Wildman–Crippen MR) is 123 cm³/mol. The van der Waals surface area contributed by atoms with Gasteiger partial charge >= 0.3 is 10.2 Å². The molecule has 33 heavy (non-hydrogen) atoms. The number of primary amides is 1. The molecule has 1 saturated heterocycles. The van der Waals surface area contributed by atoms with Crippen LogP contribution in [0, 0.1) is 23.2 Å². The van der Waals surface area contributed by atoms with Gasteiger partial charge in [-0.25, -0.2) is 0 Å². The Morgan fingerprint density at radius 2 is 1.91 bits per heavy atom. The van der Waals surface area contributed by atoms with E-state index in [0.717, 1.165) is 32.1 Å². The number of anilines is 1. The summed E-state index contributed by atoms with van der Waals surface area (Å²) in [6.45, 7) is 0.459. The van der Waals surface area contributed by atoms with Crippen molar-refractivity contribution in [1.82, 2.24) is 9.62 Å². The number of methoxy groups -OCH3 is 1. The summed E-state index contributed by atoms with van der Waals surface area (Å²) < 4.78 is 34.4. The Kier molecular flexibility index (Phi) is 5.55. The van der Waals surface area contributed by atoms with Crippen LogP contribution in [-0.4, -0.2) is 57.3 Å². The fraction of sp³-hybridized carbons (Fsp3) is 0.652. The number of amides is 2. The molecule has 1 aliphatic heterocycles. The molecule has 5 fully saturated rings. The van der Waals surface area contributed by atoms with Crippen LogP contribution in [0.4, 0.5) is 5.69 Å². The van der Waals surface area contributed by atoms with Gasteiger partial charge < -0.3 is 15.8 Å². The van der Waals surface area contributed by atoms with Crippen LogP contribution < -0.4 is 20.1 Å². The molecule has 1 aromatic rings. The van der Waals surface area contributed by atoms with Gasteiger partial charge in [-0.2, -0.15) is 12.7 Å². The molecule has 6 rings (SSSR count). The maximum atomic E-state index is 13.3. The first kappa shape index (κ1) is 22.5. The molecule has 2 amide bonds. The molecule has 0 spiro atoms. The molecule has 3 N–H and O–H groups in total. The van der Waals surface area contributed by atoms with E-state index in [-0.39, 0.29) is 36.2 Å². The van der Waals surface area contributed by atoms with E-state index in [4.69, 9.17) is 10.5 Å². The predicted octanol–water partition coefficient (Wildman–Crippen LogP) is 1.25. The average molecular weight is 477 g/mol. The SMILES string of the molecule is COc1cccc(N2CCCN(CC(=O)NC3C4CC5CC3CC(C(N)=O)(C5)C4)S2(=O)=O)c1. The minimum Gasteiger partial charge on any atom is -0.497 e. The summed E-state index contributed by atoms with van der Waals surface area (Å²) in [6, 6.07) is 6.92. The van der Waals surface area contributed by atoms with Gasteiger partial charge in [0.15, 0.2) is 0 Å². The Labute approximate surface area is 194 Å². The van der Waals surface area contributed by atoms with E-state index in [1.54, 1.807) is 24.3 Å². The summed E-state index contributed by atoms with van der Waals surface area (Å²) in [5.74, 6) is 1.06. The molecular formula is C23H32N4O5S. The molecule has 4 bridgehead atoms. The number of carbonyl (C=O) groups is 2. The van der Waals surface area contributed by atoms with E-state index >= 15 is 0 Å². The van der Waals surface area contributed by atoms with Gasteiger partial charge in [-0.05, 0) is 68.4 Å². The lowest BCUT2D eigenvalue weighted by molar-refractivity contribution is -0.147. The van der Waals surface area contributed by atoms with Crippen LogP contribution in [0.2, 0.25) is 0 Å². The summed E-state index contributed by atoms with van der Waals surface area (Å²) >= 11 is 0. The lowest BCUT2D eigenvalue weighted by atomic mass is 9.47. The van der Waals surface area contributed by atoms with Crippen molar-refractivity contribution in [3.8, 4) is 5.75 Å². The summed E-state index contributed by atoms with van der Waals surface area (Å²) in [6.07, 6.45) is 4.96. The Balaban J connectivity index is 1.27. The lowest BCUT2D eigenvalue weighted by Gasteiger charge is -2.58. The van der Waals surface area contributed by atoms with Gasteiger partial charge in [0.2, 0.25) is 11.8 Å². The van der Waals surface area contributed by atoms with Gasteiger partial charge in [0, 0.05) is 30.6 Å². The van der Waals surface area contributed by atoms with Crippen LogP contribution in [-0.2, 0) is 19.8 Å². The third-order valence-corrected chi connectivity index (χ3v) is 10.1. The third kappa shape index (κ3) is 3.86. The normalized spacial score (nSPS) is 34.8. The molecule has 2 atom stereocenters. The smallest absolute Gasteiger partial charge is 0.304 e. The highest BCUT2D eigenvalue weighted by atomic mass is 32.2. The van der Waals surface area contributed by atoms with Crippen LogP contribution in [0.25, 0.3) is 0 Å². The van der Waals surface area contributed by atoms with Crippen molar-refractivity contribution in [1.29, 1.82) is 0 Å². The van der Waals surface area contributed by atoms with Crippen LogP contribution in [0.5, 0.6) is 5.75 Å². The molecule has 0 aromatic heterocycles. The van der Waals surface area contributed by atoms with Crippen molar-refractivity contribution in [2.24, 2.45) is 28.9 Å². The Hall–Kier alpha value is -2.33. The standard InChI is InChI=1S/C23H32N4O5S/c1-32-19-5-2-4-18(10-19)27-7-3-6-26(33(27,30)31)14-20(28)25-21-16-8-15-9-17(21)13-23(11-15,12-16)22(24)29/h2,4-5,10,15-17,21H,3,6-9,11-14H2,1H3,(H2,24,29)(H,25,28). The molecule has 4 aliphatic carbocycles.